The average Bonchev–Trinajstić information content (AvgIpc) is 2.49. The van der Waals surface area contributed by atoms with Gasteiger partial charge in [-0.3, -0.25) is 0 Å². The van der Waals surface area contributed by atoms with Gasteiger partial charge in [0.25, 0.3) is 0 Å². The lowest BCUT2D eigenvalue weighted by Gasteiger charge is -2.25. The summed E-state index contributed by atoms with van der Waals surface area (Å²) in [5, 5.41) is 3.65. The van der Waals surface area contributed by atoms with Crippen LogP contribution in [0, 0.1) is 5.92 Å². The zero-order valence-electron chi connectivity index (χ0n) is 12.1. The van der Waals surface area contributed by atoms with E-state index in [9.17, 15) is 0 Å². The molecule has 1 aliphatic rings. The smallest absolute Gasteiger partial charge is 0.115 e. The third-order valence-electron chi connectivity index (χ3n) is 4.21. The highest BCUT2D eigenvalue weighted by atomic mass is 14.9. The van der Waals surface area contributed by atoms with Crippen molar-refractivity contribution in [2.45, 2.75) is 64.3 Å². The highest BCUT2D eigenvalue weighted by Crippen LogP contribution is 2.30. The van der Waals surface area contributed by atoms with Crippen molar-refractivity contribution in [1.29, 1.82) is 0 Å². The van der Waals surface area contributed by atoms with Crippen molar-refractivity contribution in [2.75, 3.05) is 6.54 Å². The SMILES string of the molecule is CCCNC(CCC1CCCCC1)c1cncnc1. The van der Waals surface area contributed by atoms with E-state index in [0.717, 1.165) is 12.5 Å². The molecule has 1 N–H and O–H groups in total. The molecule has 0 aliphatic heterocycles. The molecule has 0 radical (unpaired) electrons. The summed E-state index contributed by atoms with van der Waals surface area (Å²) in [7, 11) is 0. The van der Waals surface area contributed by atoms with Gasteiger partial charge in [0.05, 0.1) is 0 Å². The quantitative estimate of drug-likeness (QED) is 0.809. The second-order valence-electron chi connectivity index (χ2n) is 5.76. The lowest BCUT2D eigenvalue weighted by molar-refractivity contribution is 0.314. The fraction of sp³-hybridized carbons (Fsp3) is 0.750. The molecule has 1 unspecified atom stereocenters. The van der Waals surface area contributed by atoms with Crippen LogP contribution in [0.5, 0.6) is 0 Å². The topological polar surface area (TPSA) is 37.8 Å². The van der Waals surface area contributed by atoms with Crippen molar-refractivity contribution >= 4 is 0 Å². The molecule has 1 aromatic rings. The molecular formula is C16H27N3. The third kappa shape index (κ3) is 4.90. The molecule has 0 saturated heterocycles. The molecule has 0 spiro atoms. The summed E-state index contributed by atoms with van der Waals surface area (Å²) in [5.74, 6) is 0.948. The van der Waals surface area contributed by atoms with Gasteiger partial charge in [0, 0.05) is 24.0 Å². The second kappa shape index (κ2) is 8.26. The molecule has 1 saturated carbocycles. The normalized spacial score (nSPS) is 18.4. The van der Waals surface area contributed by atoms with E-state index in [1.165, 1.54) is 56.9 Å². The molecule has 0 aromatic carbocycles. The Bertz CT molecular complexity index is 333. The van der Waals surface area contributed by atoms with Gasteiger partial charge in [-0.05, 0) is 31.7 Å². The van der Waals surface area contributed by atoms with E-state index in [1.54, 1.807) is 6.33 Å². The fourth-order valence-corrected chi connectivity index (χ4v) is 3.07. The van der Waals surface area contributed by atoms with E-state index < -0.39 is 0 Å². The van der Waals surface area contributed by atoms with E-state index in [0.29, 0.717) is 6.04 Å². The summed E-state index contributed by atoms with van der Waals surface area (Å²) in [6.07, 6.45) is 16.5. The van der Waals surface area contributed by atoms with E-state index in [4.69, 9.17) is 0 Å². The minimum Gasteiger partial charge on any atom is -0.310 e. The number of aromatic nitrogens is 2. The van der Waals surface area contributed by atoms with Crippen LogP contribution in [0.3, 0.4) is 0 Å². The lowest BCUT2D eigenvalue weighted by atomic mass is 9.84. The third-order valence-corrected chi connectivity index (χ3v) is 4.21. The predicted octanol–water partition coefficient (Wildman–Crippen LogP) is 3.88. The van der Waals surface area contributed by atoms with Gasteiger partial charge in [-0.2, -0.15) is 0 Å². The molecule has 106 valence electrons. The summed E-state index contributed by atoms with van der Waals surface area (Å²) in [5.41, 5.74) is 1.24. The van der Waals surface area contributed by atoms with Crippen LogP contribution in [-0.4, -0.2) is 16.5 Å². The molecule has 1 atom stereocenters. The molecule has 3 heteroatoms. The zero-order chi connectivity index (χ0) is 13.3. The monoisotopic (exact) mass is 261 g/mol. The van der Waals surface area contributed by atoms with Crippen LogP contribution < -0.4 is 5.32 Å². The van der Waals surface area contributed by atoms with Gasteiger partial charge < -0.3 is 5.32 Å². The Labute approximate surface area is 117 Å². The van der Waals surface area contributed by atoms with Gasteiger partial charge in [-0.1, -0.05) is 39.0 Å². The Balaban J connectivity index is 1.86. The number of hydrogen-bond donors (Lipinski definition) is 1. The Morgan fingerprint density at radius 3 is 2.63 bits per heavy atom. The second-order valence-corrected chi connectivity index (χ2v) is 5.76. The first-order valence-corrected chi connectivity index (χ1v) is 7.88. The summed E-state index contributed by atoms with van der Waals surface area (Å²) >= 11 is 0. The molecule has 1 heterocycles. The summed E-state index contributed by atoms with van der Waals surface area (Å²) < 4.78 is 0. The van der Waals surface area contributed by atoms with Crippen LogP contribution in [0.25, 0.3) is 0 Å². The minimum atomic E-state index is 0.433. The van der Waals surface area contributed by atoms with Crippen LogP contribution in [-0.2, 0) is 0 Å². The van der Waals surface area contributed by atoms with E-state index in [1.807, 2.05) is 12.4 Å². The predicted molar refractivity (Wildman–Crippen MR) is 78.9 cm³/mol. The van der Waals surface area contributed by atoms with Gasteiger partial charge in [0.1, 0.15) is 6.33 Å². The number of nitrogens with zero attached hydrogens (tertiary/aromatic N) is 2. The summed E-state index contributed by atoms with van der Waals surface area (Å²) in [4.78, 5) is 8.31. The van der Waals surface area contributed by atoms with Crippen LogP contribution >= 0.6 is 0 Å². The van der Waals surface area contributed by atoms with Crippen LogP contribution in [0.15, 0.2) is 18.7 Å². The van der Waals surface area contributed by atoms with E-state index in [-0.39, 0.29) is 0 Å². The Morgan fingerprint density at radius 1 is 1.21 bits per heavy atom. The largest absolute Gasteiger partial charge is 0.310 e. The highest BCUT2D eigenvalue weighted by molar-refractivity contribution is 5.09. The molecular weight excluding hydrogens is 234 g/mol. The molecule has 1 aromatic heterocycles. The molecule has 2 rings (SSSR count). The van der Waals surface area contributed by atoms with Crippen molar-refractivity contribution in [3.05, 3.63) is 24.3 Å². The maximum Gasteiger partial charge on any atom is 0.115 e. The Morgan fingerprint density at radius 2 is 1.95 bits per heavy atom. The standard InChI is InChI=1S/C16H27N3/c1-2-10-19-16(15-11-17-13-18-12-15)9-8-14-6-4-3-5-7-14/h11-14,16,19H,2-10H2,1H3. The molecule has 1 fully saturated rings. The zero-order valence-corrected chi connectivity index (χ0v) is 12.1. The lowest BCUT2D eigenvalue weighted by Crippen LogP contribution is -2.23. The van der Waals surface area contributed by atoms with Gasteiger partial charge in [0.15, 0.2) is 0 Å². The van der Waals surface area contributed by atoms with Crippen molar-refractivity contribution in [3.63, 3.8) is 0 Å². The van der Waals surface area contributed by atoms with Gasteiger partial charge >= 0.3 is 0 Å². The van der Waals surface area contributed by atoms with E-state index >= 15 is 0 Å². The van der Waals surface area contributed by atoms with E-state index in [2.05, 4.69) is 22.2 Å². The van der Waals surface area contributed by atoms with Crippen molar-refractivity contribution in [2.24, 2.45) is 5.92 Å². The van der Waals surface area contributed by atoms with Crippen LogP contribution in [0.4, 0.5) is 0 Å². The molecule has 19 heavy (non-hydrogen) atoms. The number of nitrogens with one attached hydrogen (secondary N) is 1. The van der Waals surface area contributed by atoms with Crippen molar-refractivity contribution < 1.29 is 0 Å². The highest BCUT2D eigenvalue weighted by Gasteiger charge is 2.17. The van der Waals surface area contributed by atoms with Crippen molar-refractivity contribution in [1.82, 2.24) is 15.3 Å². The Kier molecular flexibility index (Phi) is 6.28. The number of rotatable bonds is 7. The maximum atomic E-state index is 4.16. The molecule has 0 bridgehead atoms. The van der Waals surface area contributed by atoms with Crippen LogP contribution in [0.2, 0.25) is 0 Å². The van der Waals surface area contributed by atoms with Gasteiger partial charge in [-0.25, -0.2) is 9.97 Å². The molecule has 0 amide bonds. The first-order chi connectivity index (χ1) is 9.40. The van der Waals surface area contributed by atoms with Crippen LogP contribution in [0.1, 0.15) is 69.9 Å². The summed E-state index contributed by atoms with van der Waals surface area (Å²) in [6.45, 7) is 3.29. The minimum absolute atomic E-state index is 0.433. The average molecular weight is 261 g/mol. The van der Waals surface area contributed by atoms with Gasteiger partial charge in [0.2, 0.25) is 0 Å². The molecule has 1 aliphatic carbocycles. The Hall–Kier alpha value is -0.960. The van der Waals surface area contributed by atoms with Gasteiger partial charge in [-0.15, -0.1) is 0 Å². The first-order valence-electron chi connectivity index (χ1n) is 7.88. The van der Waals surface area contributed by atoms with Crippen molar-refractivity contribution in [3.8, 4) is 0 Å². The fourth-order valence-electron chi connectivity index (χ4n) is 3.07. The maximum absolute atomic E-state index is 4.16. The first kappa shape index (κ1) is 14.4. The molecule has 3 nitrogen and oxygen atoms in total. The summed E-state index contributed by atoms with van der Waals surface area (Å²) in [6, 6.07) is 0.433. The number of hydrogen-bond acceptors (Lipinski definition) is 3.